The Morgan fingerprint density at radius 2 is 1.73 bits per heavy atom. The molecule has 0 aromatic heterocycles. The number of benzene rings is 1. The summed E-state index contributed by atoms with van der Waals surface area (Å²) in [6.07, 6.45) is 2.03. The van der Waals surface area contributed by atoms with E-state index in [0.29, 0.717) is 36.9 Å². The molecule has 5 nitrogen and oxygen atoms in total. The van der Waals surface area contributed by atoms with Crippen molar-refractivity contribution in [2.75, 3.05) is 6.54 Å². The minimum absolute atomic E-state index is 0.0933. The Kier molecular flexibility index (Phi) is 4.07. The highest BCUT2D eigenvalue weighted by Crippen LogP contribution is 2.27. The van der Waals surface area contributed by atoms with E-state index in [1.54, 1.807) is 24.3 Å². The normalized spacial score (nSPS) is 25.3. The molecule has 1 aliphatic carbocycles. The Labute approximate surface area is 128 Å². The van der Waals surface area contributed by atoms with Crippen molar-refractivity contribution < 1.29 is 19.5 Å². The quantitative estimate of drug-likeness (QED) is 0.682. The van der Waals surface area contributed by atoms with Crippen LogP contribution in [-0.2, 0) is 4.79 Å². The van der Waals surface area contributed by atoms with Crippen LogP contribution in [-0.4, -0.2) is 40.3 Å². The first kappa shape index (κ1) is 14.9. The average Bonchev–Trinajstić information content (AvgIpc) is 2.63. The van der Waals surface area contributed by atoms with Gasteiger partial charge in [0.15, 0.2) is 0 Å². The molecule has 1 aromatic carbocycles. The molecule has 1 fully saturated rings. The molecule has 1 saturated carbocycles. The van der Waals surface area contributed by atoms with Crippen LogP contribution in [0.5, 0.6) is 0 Å². The lowest BCUT2D eigenvalue weighted by molar-refractivity contribution is -0.120. The van der Waals surface area contributed by atoms with E-state index in [1.165, 1.54) is 4.90 Å². The van der Waals surface area contributed by atoms with Gasteiger partial charge in [0.05, 0.1) is 17.2 Å². The van der Waals surface area contributed by atoms with Crippen molar-refractivity contribution in [2.45, 2.75) is 38.2 Å². The highest BCUT2D eigenvalue weighted by molar-refractivity contribution is 6.21. The molecule has 5 heteroatoms. The van der Waals surface area contributed by atoms with Gasteiger partial charge in [-0.1, -0.05) is 12.1 Å². The molecule has 1 N–H and O–H groups in total. The molecule has 1 aliphatic heterocycles. The van der Waals surface area contributed by atoms with Crippen molar-refractivity contribution in [3.63, 3.8) is 0 Å². The number of carbonyl (C=O) groups is 3. The molecular weight excluding hydrogens is 282 g/mol. The Balaban J connectivity index is 1.64. The molecule has 2 aliphatic rings. The maximum absolute atomic E-state index is 12.3. The number of fused-ring (bicyclic) bond motifs is 1. The van der Waals surface area contributed by atoms with Gasteiger partial charge in [-0.15, -0.1) is 0 Å². The number of amides is 2. The topological polar surface area (TPSA) is 74.7 Å². The minimum Gasteiger partial charge on any atom is -0.393 e. The van der Waals surface area contributed by atoms with Gasteiger partial charge >= 0.3 is 0 Å². The summed E-state index contributed by atoms with van der Waals surface area (Å²) in [5.41, 5.74) is 0.923. The van der Waals surface area contributed by atoms with Gasteiger partial charge in [0.25, 0.3) is 11.8 Å². The Hall–Kier alpha value is -2.01. The zero-order chi connectivity index (χ0) is 15.7. The van der Waals surface area contributed by atoms with Crippen LogP contribution in [0.4, 0.5) is 0 Å². The van der Waals surface area contributed by atoms with Gasteiger partial charge in [-0.3, -0.25) is 19.3 Å². The zero-order valence-corrected chi connectivity index (χ0v) is 12.3. The van der Waals surface area contributed by atoms with Crippen LogP contribution in [0.3, 0.4) is 0 Å². The smallest absolute Gasteiger partial charge is 0.261 e. The molecule has 2 atom stereocenters. The number of Topliss-reactive ketones (excluding diaryl/α,β-unsaturated/α-hetero) is 1. The predicted molar refractivity (Wildman–Crippen MR) is 79.4 cm³/mol. The van der Waals surface area contributed by atoms with Crippen LogP contribution in [0.1, 0.15) is 52.8 Å². The second kappa shape index (κ2) is 6.01. The number of aliphatic hydroxyl groups is 1. The number of hydrogen-bond acceptors (Lipinski definition) is 4. The zero-order valence-electron chi connectivity index (χ0n) is 12.3. The summed E-state index contributed by atoms with van der Waals surface area (Å²) in [5.74, 6) is -0.224. The van der Waals surface area contributed by atoms with Gasteiger partial charge in [0, 0.05) is 19.4 Å². The number of aliphatic hydroxyl groups excluding tert-OH is 1. The van der Waals surface area contributed by atoms with Gasteiger partial charge in [-0.25, -0.2) is 0 Å². The summed E-state index contributed by atoms with van der Waals surface area (Å²) >= 11 is 0. The molecule has 0 radical (unpaired) electrons. The van der Waals surface area contributed by atoms with Crippen molar-refractivity contribution in [3.8, 4) is 0 Å². The Morgan fingerprint density at radius 1 is 1.09 bits per heavy atom. The van der Waals surface area contributed by atoms with Gasteiger partial charge in [-0.2, -0.15) is 0 Å². The van der Waals surface area contributed by atoms with Gasteiger partial charge < -0.3 is 5.11 Å². The van der Waals surface area contributed by atoms with Crippen LogP contribution < -0.4 is 0 Å². The van der Waals surface area contributed by atoms with Gasteiger partial charge in [0.2, 0.25) is 0 Å². The molecule has 2 amide bonds. The molecule has 22 heavy (non-hydrogen) atoms. The van der Waals surface area contributed by atoms with Crippen molar-refractivity contribution in [1.82, 2.24) is 4.90 Å². The molecule has 0 saturated heterocycles. The minimum atomic E-state index is -0.595. The molecule has 0 unspecified atom stereocenters. The third-order valence-electron chi connectivity index (χ3n) is 4.54. The first-order valence-electron chi connectivity index (χ1n) is 7.71. The monoisotopic (exact) mass is 301 g/mol. The summed E-state index contributed by atoms with van der Waals surface area (Å²) in [6, 6.07) is 6.84. The molecular formula is C17H19NO4. The fourth-order valence-corrected chi connectivity index (χ4v) is 3.33. The molecule has 3 rings (SSSR count). The first-order valence-corrected chi connectivity index (χ1v) is 7.71. The molecule has 0 bridgehead atoms. The number of rotatable bonds is 3. The lowest BCUT2D eigenvalue weighted by Crippen LogP contribution is -2.32. The third-order valence-corrected chi connectivity index (χ3v) is 4.54. The number of imide groups is 1. The van der Waals surface area contributed by atoms with Crippen molar-refractivity contribution in [1.29, 1.82) is 0 Å². The maximum Gasteiger partial charge on any atom is 0.261 e. The predicted octanol–water partition coefficient (Wildman–Crippen LogP) is 1.79. The third kappa shape index (κ3) is 2.81. The van der Waals surface area contributed by atoms with Crippen LogP contribution in [0.25, 0.3) is 0 Å². The summed E-state index contributed by atoms with van der Waals surface area (Å²) in [4.78, 5) is 37.3. The van der Waals surface area contributed by atoms with Crippen LogP contribution in [0.2, 0.25) is 0 Å². The maximum atomic E-state index is 12.3. The van der Waals surface area contributed by atoms with Crippen molar-refractivity contribution in [2.24, 2.45) is 5.92 Å². The van der Waals surface area contributed by atoms with Crippen LogP contribution >= 0.6 is 0 Å². The average molecular weight is 301 g/mol. The van der Waals surface area contributed by atoms with E-state index in [4.69, 9.17) is 0 Å². The fourth-order valence-electron chi connectivity index (χ4n) is 3.33. The van der Waals surface area contributed by atoms with Crippen molar-refractivity contribution in [3.05, 3.63) is 35.4 Å². The Bertz CT molecular complexity index is 590. The molecule has 1 aromatic rings. The summed E-state index contributed by atoms with van der Waals surface area (Å²) in [5, 5.41) is 9.80. The standard InChI is InChI=1S/C17H19NO4/c19-12-6-5-11(9-13(20)10-12)7-8-18-16(21)14-3-1-2-4-15(14)17(18)22/h1-4,11,13,20H,5-10H2/t11-,13-/m1/s1. The van der Waals surface area contributed by atoms with Gasteiger partial charge in [-0.05, 0) is 37.3 Å². The second-order valence-corrected chi connectivity index (χ2v) is 6.13. The SMILES string of the molecule is O=C1CC[C@H](CCN2C(=O)c3ccccc3C2=O)C[C@@H](O)C1. The van der Waals surface area contributed by atoms with Gasteiger partial charge in [0.1, 0.15) is 5.78 Å². The highest BCUT2D eigenvalue weighted by Gasteiger charge is 2.35. The van der Waals surface area contributed by atoms with E-state index >= 15 is 0 Å². The Morgan fingerprint density at radius 3 is 2.36 bits per heavy atom. The van der Waals surface area contributed by atoms with E-state index in [-0.39, 0.29) is 29.9 Å². The van der Waals surface area contributed by atoms with Crippen LogP contribution in [0.15, 0.2) is 24.3 Å². The fraction of sp³-hybridized carbons (Fsp3) is 0.471. The number of nitrogens with zero attached hydrogens (tertiary/aromatic N) is 1. The summed E-state index contributed by atoms with van der Waals surface area (Å²) < 4.78 is 0. The van der Waals surface area contributed by atoms with Crippen LogP contribution in [0, 0.1) is 5.92 Å². The second-order valence-electron chi connectivity index (χ2n) is 6.13. The number of hydrogen-bond donors (Lipinski definition) is 1. The number of ketones is 1. The lowest BCUT2D eigenvalue weighted by Gasteiger charge is -2.20. The highest BCUT2D eigenvalue weighted by atomic mass is 16.3. The van der Waals surface area contributed by atoms with E-state index in [9.17, 15) is 19.5 Å². The van der Waals surface area contributed by atoms with E-state index in [0.717, 1.165) is 6.42 Å². The first-order chi connectivity index (χ1) is 10.6. The summed E-state index contributed by atoms with van der Waals surface area (Å²) in [6.45, 7) is 0.345. The lowest BCUT2D eigenvalue weighted by atomic mass is 9.95. The largest absolute Gasteiger partial charge is 0.393 e. The van der Waals surface area contributed by atoms with E-state index in [1.807, 2.05) is 0 Å². The van der Waals surface area contributed by atoms with E-state index in [2.05, 4.69) is 0 Å². The van der Waals surface area contributed by atoms with Crippen molar-refractivity contribution >= 4 is 17.6 Å². The molecule has 1 heterocycles. The number of carbonyl (C=O) groups excluding carboxylic acids is 3. The summed E-state index contributed by atoms with van der Waals surface area (Å²) in [7, 11) is 0. The molecule has 116 valence electrons. The van der Waals surface area contributed by atoms with E-state index < -0.39 is 6.10 Å². The molecule has 0 spiro atoms.